The van der Waals surface area contributed by atoms with Crippen LogP contribution < -0.4 is 10.1 Å². The van der Waals surface area contributed by atoms with Crippen LogP contribution in [0.3, 0.4) is 0 Å². The summed E-state index contributed by atoms with van der Waals surface area (Å²) < 4.78 is 45.8. The largest absolute Gasteiger partial charge is 0.485 e. The number of rotatable bonds is 4. The maximum atomic E-state index is 13.3. The third kappa shape index (κ3) is 4.37. The fraction of sp³-hybridized carbons (Fsp3) is 0.353. The molecule has 0 saturated carbocycles. The van der Waals surface area contributed by atoms with Crippen molar-refractivity contribution in [2.24, 2.45) is 5.92 Å². The van der Waals surface area contributed by atoms with Gasteiger partial charge in [0.2, 0.25) is 0 Å². The van der Waals surface area contributed by atoms with E-state index in [-0.39, 0.29) is 16.7 Å². The van der Waals surface area contributed by atoms with Crippen molar-refractivity contribution in [3.05, 3.63) is 57.8 Å². The van der Waals surface area contributed by atoms with E-state index in [1.807, 2.05) is 0 Å². The number of nitrogens with one attached hydrogen (secondary N) is 1. The number of ether oxygens (including phenoxy) is 1. The maximum absolute atomic E-state index is 13.3. The van der Waals surface area contributed by atoms with E-state index in [0.717, 1.165) is 19.0 Å². The van der Waals surface area contributed by atoms with Crippen molar-refractivity contribution in [2.75, 3.05) is 13.1 Å². The van der Waals surface area contributed by atoms with Crippen LogP contribution in [0.5, 0.6) is 5.75 Å². The molecule has 3 rings (SSSR count). The Morgan fingerprint density at radius 2 is 1.96 bits per heavy atom. The molecule has 1 saturated heterocycles. The molecular weight excluding hydrogens is 376 g/mol. The van der Waals surface area contributed by atoms with Crippen LogP contribution in [-0.2, 0) is 6.18 Å². The van der Waals surface area contributed by atoms with Crippen LogP contribution in [0, 0.1) is 5.92 Å². The Labute approximate surface area is 153 Å². The number of benzene rings is 1. The van der Waals surface area contributed by atoms with Crippen molar-refractivity contribution >= 4 is 23.2 Å². The highest BCUT2D eigenvalue weighted by Crippen LogP contribution is 2.41. The molecule has 2 unspecified atom stereocenters. The third-order valence-electron chi connectivity index (χ3n) is 4.08. The molecular formula is C17H15Cl2F3N2O. The molecule has 25 heavy (non-hydrogen) atoms. The minimum Gasteiger partial charge on any atom is -0.485 e. The molecule has 0 bridgehead atoms. The molecule has 2 heterocycles. The maximum Gasteiger partial charge on any atom is 0.420 e. The van der Waals surface area contributed by atoms with Crippen LogP contribution >= 0.6 is 23.2 Å². The summed E-state index contributed by atoms with van der Waals surface area (Å²) in [6, 6.07) is 5.17. The fourth-order valence-electron chi connectivity index (χ4n) is 2.92. The summed E-state index contributed by atoms with van der Waals surface area (Å²) in [5.74, 6) is -0.245. The van der Waals surface area contributed by atoms with Crippen LogP contribution in [0.1, 0.15) is 23.7 Å². The zero-order valence-corrected chi connectivity index (χ0v) is 14.5. The molecule has 0 spiro atoms. The van der Waals surface area contributed by atoms with Crippen LogP contribution in [0.25, 0.3) is 0 Å². The normalized spacial score (nSPS) is 19.0. The average molecular weight is 391 g/mol. The van der Waals surface area contributed by atoms with Gasteiger partial charge in [-0.1, -0.05) is 23.2 Å². The second-order valence-electron chi connectivity index (χ2n) is 5.87. The number of aromatic nitrogens is 1. The molecule has 8 heteroatoms. The summed E-state index contributed by atoms with van der Waals surface area (Å²) in [6.45, 7) is 1.43. The van der Waals surface area contributed by atoms with Gasteiger partial charge in [-0.3, -0.25) is 4.98 Å². The highest BCUT2D eigenvalue weighted by Gasteiger charge is 2.37. The van der Waals surface area contributed by atoms with E-state index in [1.54, 1.807) is 12.3 Å². The Morgan fingerprint density at radius 3 is 2.60 bits per heavy atom. The summed E-state index contributed by atoms with van der Waals surface area (Å²) in [6.07, 6.45) is -1.34. The third-order valence-corrected chi connectivity index (χ3v) is 4.52. The lowest BCUT2D eigenvalue weighted by Gasteiger charge is -2.26. The molecule has 1 fully saturated rings. The molecule has 3 nitrogen and oxygen atoms in total. The van der Waals surface area contributed by atoms with Gasteiger partial charge in [0.15, 0.2) is 0 Å². The Kier molecular flexibility index (Phi) is 5.41. The smallest absolute Gasteiger partial charge is 0.420 e. The van der Waals surface area contributed by atoms with Crippen molar-refractivity contribution in [1.82, 2.24) is 10.3 Å². The number of nitrogens with zero attached hydrogens (tertiary/aromatic N) is 1. The molecule has 2 atom stereocenters. The number of halogens is 5. The zero-order valence-electron chi connectivity index (χ0n) is 13.0. The lowest BCUT2D eigenvalue weighted by Crippen LogP contribution is -2.22. The summed E-state index contributed by atoms with van der Waals surface area (Å²) in [5.41, 5.74) is -0.254. The molecule has 2 aromatic rings. The quantitative estimate of drug-likeness (QED) is 0.784. The Bertz CT molecular complexity index is 749. The Hall–Kier alpha value is -1.50. The predicted octanol–water partition coefficient (Wildman–Crippen LogP) is 5.14. The van der Waals surface area contributed by atoms with Gasteiger partial charge >= 0.3 is 6.18 Å². The first kappa shape index (κ1) is 18.3. The van der Waals surface area contributed by atoms with Crippen LogP contribution in [0.4, 0.5) is 13.2 Å². The van der Waals surface area contributed by atoms with Crippen molar-refractivity contribution in [3.8, 4) is 5.75 Å². The average Bonchev–Trinajstić information content (AvgIpc) is 3.07. The fourth-order valence-corrected chi connectivity index (χ4v) is 3.27. The standard InChI is InChI=1S/C17H15Cl2F3N2O/c18-12-1-2-15(14(6-12)17(20,21)22)25-16(10-3-4-23-7-10)11-5-13(19)9-24-8-11/h1-2,5-6,8-10,16,23H,3-4,7H2. The van der Waals surface area contributed by atoms with Gasteiger partial charge in [-0.25, -0.2) is 0 Å². The highest BCUT2D eigenvalue weighted by molar-refractivity contribution is 6.30. The van der Waals surface area contributed by atoms with Gasteiger partial charge in [0, 0.05) is 35.4 Å². The SMILES string of the molecule is FC(F)(F)c1cc(Cl)ccc1OC(c1cncc(Cl)c1)C1CCNC1. The zero-order chi connectivity index (χ0) is 18.0. The molecule has 1 N–H and O–H groups in total. The van der Waals surface area contributed by atoms with E-state index in [9.17, 15) is 13.2 Å². The van der Waals surface area contributed by atoms with Gasteiger partial charge in [-0.2, -0.15) is 13.2 Å². The molecule has 0 aliphatic carbocycles. The topological polar surface area (TPSA) is 34.1 Å². The molecule has 1 aromatic heterocycles. The number of hydrogen-bond donors (Lipinski definition) is 1. The molecule has 1 aliphatic heterocycles. The van der Waals surface area contributed by atoms with E-state index in [0.29, 0.717) is 17.1 Å². The van der Waals surface area contributed by atoms with Gasteiger partial charge in [-0.15, -0.1) is 0 Å². The van der Waals surface area contributed by atoms with E-state index in [1.165, 1.54) is 18.3 Å². The summed E-state index contributed by atoms with van der Waals surface area (Å²) in [4.78, 5) is 4.03. The highest BCUT2D eigenvalue weighted by atomic mass is 35.5. The minimum atomic E-state index is -4.56. The van der Waals surface area contributed by atoms with Crippen LogP contribution in [0.15, 0.2) is 36.7 Å². The summed E-state index contributed by atoms with van der Waals surface area (Å²) in [7, 11) is 0. The van der Waals surface area contributed by atoms with Crippen molar-refractivity contribution in [1.29, 1.82) is 0 Å². The van der Waals surface area contributed by atoms with Gasteiger partial charge in [-0.05, 0) is 37.2 Å². The van der Waals surface area contributed by atoms with Crippen molar-refractivity contribution in [3.63, 3.8) is 0 Å². The first-order valence-electron chi connectivity index (χ1n) is 7.69. The van der Waals surface area contributed by atoms with E-state index >= 15 is 0 Å². The second-order valence-corrected chi connectivity index (χ2v) is 6.74. The second kappa shape index (κ2) is 7.40. The van der Waals surface area contributed by atoms with Crippen molar-refractivity contribution in [2.45, 2.75) is 18.7 Å². The molecule has 134 valence electrons. The number of alkyl halides is 3. The van der Waals surface area contributed by atoms with Crippen molar-refractivity contribution < 1.29 is 17.9 Å². The first-order chi connectivity index (χ1) is 11.8. The monoisotopic (exact) mass is 390 g/mol. The lowest BCUT2D eigenvalue weighted by atomic mass is 9.95. The molecule has 0 radical (unpaired) electrons. The first-order valence-corrected chi connectivity index (χ1v) is 8.45. The van der Waals surface area contributed by atoms with Gasteiger partial charge in [0.25, 0.3) is 0 Å². The predicted molar refractivity (Wildman–Crippen MR) is 90.0 cm³/mol. The van der Waals surface area contributed by atoms with Gasteiger partial charge < -0.3 is 10.1 Å². The van der Waals surface area contributed by atoms with E-state index in [4.69, 9.17) is 27.9 Å². The summed E-state index contributed by atoms with van der Waals surface area (Å²) in [5, 5.41) is 3.61. The Morgan fingerprint density at radius 1 is 1.16 bits per heavy atom. The molecule has 1 aliphatic rings. The summed E-state index contributed by atoms with van der Waals surface area (Å²) >= 11 is 11.7. The lowest BCUT2D eigenvalue weighted by molar-refractivity contribution is -0.139. The van der Waals surface area contributed by atoms with Crippen LogP contribution in [0.2, 0.25) is 10.0 Å². The Balaban J connectivity index is 1.99. The number of hydrogen-bond acceptors (Lipinski definition) is 3. The minimum absolute atomic E-state index is 0.00294. The van der Waals surface area contributed by atoms with E-state index in [2.05, 4.69) is 10.3 Å². The van der Waals surface area contributed by atoms with Gasteiger partial charge in [0.05, 0.1) is 10.6 Å². The number of pyridine rings is 1. The van der Waals surface area contributed by atoms with Gasteiger partial charge in [0.1, 0.15) is 11.9 Å². The van der Waals surface area contributed by atoms with E-state index < -0.39 is 17.8 Å². The van der Waals surface area contributed by atoms with Crippen LogP contribution in [-0.4, -0.2) is 18.1 Å². The molecule has 0 amide bonds. The molecule has 1 aromatic carbocycles.